The minimum Gasteiger partial charge on any atom is -0.318 e. The van der Waals surface area contributed by atoms with E-state index in [9.17, 15) is 4.79 Å². The van der Waals surface area contributed by atoms with Gasteiger partial charge in [0.05, 0.1) is 6.04 Å². The number of likely N-dealkylation sites (tertiary alicyclic amines) is 1. The Labute approximate surface area is 159 Å². The Bertz CT molecular complexity index is 765. The average molecular weight is 370 g/mol. The number of anilines is 1. The summed E-state index contributed by atoms with van der Waals surface area (Å²) in [6, 6.07) is 4.42. The molecule has 138 valence electrons. The highest BCUT2D eigenvalue weighted by Crippen LogP contribution is 2.45. The number of pyridine rings is 1. The molecule has 1 aliphatic heterocycles. The van der Waals surface area contributed by atoms with Gasteiger partial charge >= 0.3 is 0 Å². The molecule has 1 fully saturated rings. The Kier molecular flexibility index (Phi) is 5.36. The minimum absolute atomic E-state index is 0.0217. The van der Waals surface area contributed by atoms with E-state index in [1.54, 1.807) is 18.3 Å². The molecule has 1 atom stereocenters. The normalized spacial score (nSPS) is 19.0. The van der Waals surface area contributed by atoms with E-state index in [0.717, 1.165) is 30.9 Å². The average Bonchev–Trinajstić information content (AvgIpc) is 3.01. The van der Waals surface area contributed by atoms with Gasteiger partial charge in [0, 0.05) is 29.8 Å². The second kappa shape index (κ2) is 7.89. The van der Waals surface area contributed by atoms with Crippen LogP contribution in [0.1, 0.15) is 66.6 Å². The fourth-order valence-electron chi connectivity index (χ4n) is 4.41. The van der Waals surface area contributed by atoms with Crippen molar-refractivity contribution in [2.24, 2.45) is 0 Å². The first-order valence-corrected chi connectivity index (χ1v) is 10.6. The van der Waals surface area contributed by atoms with Crippen molar-refractivity contribution < 1.29 is 4.79 Å². The van der Waals surface area contributed by atoms with Crippen molar-refractivity contribution in [2.45, 2.75) is 57.9 Å². The second-order valence-electron chi connectivity index (χ2n) is 7.42. The molecule has 1 N–H and O–H groups in total. The van der Waals surface area contributed by atoms with Gasteiger partial charge in [-0.1, -0.05) is 12.5 Å². The summed E-state index contributed by atoms with van der Waals surface area (Å²) < 4.78 is 0. The van der Waals surface area contributed by atoms with Gasteiger partial charge in [-0.15, -0.1) is 11.3 Å². The van der Waals surface area contributed by atoms with Crippen molar-refractivity contribution in [1.82, 2.24) is 9.88 Å². The zero-order chi connectivity index (χ0) is 17.9. The van der Waals surface area contributed by atoms with Crippen LogP contribution in [0.5, 0.6) is 0 Å². The molecule has 0 bridgehead atoms. The maximum Gasteiger partial charge on any atom is 0.221 e. The van der Waals surface area contributed by atoms with Gasteiger partial charge in [0.1, 0.15) is 5.00 Å². The van der Waals surface area contributed by atoms with E-state index in [0.29, 0.717) is 0 Å². The number of carbonyl (C=O) groups is 1. The number of carbonyl (C=O) groups excluding carboxylic acids is 1. The van der Waals surface area contributed by atoms with Crippen LogP contribution < -0.4 is 5.32 Å². The van der Waals surface area contributed by atoms with Crippen molar-refractivity contribution in [3.05, 3.63) is 46.1 Å². The van der Waals surface area contributed by atoms with Crippen molar-refractivity contribution in [2.75, 3.05) is 18.4 Å². The third-order valence-electron chi connectivity index (χ3n) is 5.53. The van der Waals surface area contributed by atoms with Crippen LogP contribution in [-0.2, 0) is 17.6 Å². The number of rotatable bonds is 4. The van der Waals surface area contributed by atoms with E-state index in [1.165, 1.54) is 53.7 Å². The van der Waals surface area contributed by atoms with Crippen LogP contribution in [-0.4, -0.2) is 28.9 Å². The molecule has 5 heteroatoms. The van der Waals surface area contributed by atoms with E-state index in [-0.39, 0.29) is 11.9 Å². The molecule has 0 unspecified atom stereocenters. The van der Waals surface area contributed by atoms with Crippen LogP contribution in [0.15, 0.2) is 24.5 Å². The Morgan fingerprint density at radius 1 is 1.19 bits per heavy atom. The highest BCUT2D eigenvalue weighted by Gasteiger charge is 2.32. The first-order valence-electron chi connectivity index (χ1n) is 9.80. The molecular weight excluding hydrogens is 342 g/mol. The maximum atomic E-state index is 11.9. The standard InChI is InChI=1S/C21H27N3OS/c1-15(25)23-21-19(17-9-3-4-10-18(17)26-21)20(16-8-7-11-22-14-16)24-12-5-2-6-13-24/h7-8,11,14,20H,2-6,9-10,12-13H2,1H3,(H,23,25)/t20-/m0/s1. The molecule has 26 heavy (non-hydrogen) atoms. The van der Waals surface area contributed by atoms with Gasteiger partial charge in [0.15, 0.2) is 0 Å². The summed E-state index contributed by atoms with van der Waals surface area (Å²) in [5.41, 5.74) is 4.08. The lowest BCUT2D eigenvalue weighted by molar-refractivity contribution is -0.114. The second-order valence-corrected chi connectivity index (χ2v) is 8.53. The van der Waals surface area contributed by atoms with E-state index < -0.39 is 0 Å². The zero-order valence-electron chi connectivity index (χ0n) is 15.5. The highest BCUT2D eigenvalue weighted by molar-refractivity contribution is 7.16. The number of hydrogen-bond acceptors (Lipinski definition) is 4. The number of nitrogens with one attached hydrogen (secondary N) is 1. The summed E-state index contributed by atoms with van der Waals surface area (Å²) in [7, 11) is 0. The summed E-state index contributed by atoms with van der Waals surface area (Å²) in [5.74, 6) is 0.0217. The van der Waals surface area contributed by atoms with Gasteiger partial charge < -0.3 is 5.32 Å². The third kappa shape index (κ3) is 3.55. The molecule has 0 spiro atoms. The number of amides is 1. The summed E-state index contributed by atoms with van der Waals surface area (Å²) in [6.07, 6.45) is 12.4. The monoisotopic (exact) mass is 369 g/mol. The van der Waals surface area contributed by atoms with E-state index in [4.69, 9.17) is 0 Å². The molecule has 4 rings (SSSR count). The van der Waals surface area contributed by atoms with Crippen LogP contribution in [0, 0.1) is 0 Å². The lowest BCUT2D eigenvalue weighted by Crippen LogP contribution is -2.35. The molecule has 2 aromatic rings. The van der Waals surface area contributed by atoms with E-state index in [1.807, 2.05) is 18.5 Å². The molecule has 2 aliphatic rings. The third-order valence-corrected chi connectivity index (χ3v) is 6.75. The predicted molar refractivity (Wildman–Crippen MR) is 107 cm³/mol. The van der Waals surface area contributed by atoms with Crippen molar-refractivity contribution in [3.8, 4) is 0 Å². The molecule has 0 radical (unpaired) electrons. The van der Waals surface area contributed by atoms with E-state index in [2.05, 4.69) is 21.3 Å². The van der Waals surface area contributed by atoms with Gasteiger partial charge in [-0.25, -0.2) is 0 Å². The Morgan fingerprint density at radius 3 is 2.73 bits per heavy atom. The lowest BCUT2D eigenvalue weighted by Gasteiger charge is -2.36. The number of aromatic nitrogens is 1. The maximum absolute atomic E-state index is 11.9. The van der Waals surface area contributed by atoms with Crippen LogP contribution in [0.25, 0.3) is 0 Å². The highest BCUT2D eigenvalue weighted by atomic mass is 32.1. The number of fused-ring (bicyclic) bond motifs is 1. The van der Waals surface area contributed by atoms with Crippen molar-refractivity contribution >= 4 is 22.2 Å². The molecular formula is C21H27N3OS. The number of thiophene rings is 1. The fraction of sp³-hybridized carbons (Fsp3) is 0.524. The van der Waals surface area contributed by atoms with Gasteiger partial charge in [0.2, 0.25) is 5.91 Å². The number of hydrogen-bond donors (Lipinski definition) is 1. The Morgan fingerprint density at radius 2 is 2.00 bits per heavy atom. The van der Waals surface area contributed by atoms with E-state index >= 15 is 0 Å². The summed E-state index contributed by atoms with van der Waals surface area (Å²) in [6.45, 7) is 3.84. The number of aryl methyl sites for hydroxylation is 1. The molecule has 0 aromatic carbocycles. The lowest BCUT2D eigenvalue weighted by atomic mass is 9.88. The van der Waals surface area contributed by atoms with Crippen LogP contribution in [0.2, 0.25) is 0 Å². The smallest absolute Gasteiger partial charge is 0.221 e. The summed E-state index contributed by atoms with van der Waals surface area (Å²) in [5, 5.41) is 4.21. The first-order chi connectivity index (χ1) is 12.7. The fourth-order valence-corrected chi connectivity index (χ4v) is 5.77. The number of nitrogens with zero attached hydrogens (tertiary/aromatic N) is 2. The van der Waals surface area contributed by atoms with Crippen molar-refractivity contribution in [1.29, 1.82) is 0 Å². The molecule has 1 amide bonds. The number of piperidine rings is 1. The quantitative estimate of drug-likeness (QED) is 0.859. The Hall–Kier alpha value is -1.72. The molecule has 2 aromatic heterocycles. The summed E-state index contributed by atoms with van der Waals surface area (Å²) in [4.78, 5) is 20.4. The molecule has 0 saturated carbocycles. The van der Waals surface area contributed by atoms with Gasteiger partial charge in [-0.3, -0.25) is 14.7 Å². The minimum atomic E-state index is 0.0217. The summed E-state index contributed by atoms with van der Waals surface area (Å²) >= 11 is 1.80. The van der Waals surface area contributed by atoms with Crippen LogP contribution in [0.4, 0.5) is 5.00 Å². The van der Waals surface area contributed by atoms with Crippen LogP contribution in [0.3, 0.4) is 0 Å². The zero-order valence-corrected chi connectivity index (χ0v) is 16.3. The first kappa shape index (κ1) is 17.7. The largest absolute Gasteiger partial charge is 0.318 e. The molecule has 1 saturated heterocycles. The van der Waals surface area contributed by atoms with Gasteiger partial charge in [-0.2, -0.15) is 0 Å². The van der Waals surface area contributed by atoms with Gasteiger partial charge in [0.25, 0.3) is 0 Å². The predicted octanol–water partition coefficient (Wildman–Crippen LogP) is 4.56. The molecule has 3 heterocycles. The van der Waals surface area contributed by atoms with Gasteiger partial charge in [-0.05, 0) is 68.8 Å². The van der Waals surface area contributed by atoms with Crippen LogP contribution >= 0.6 is 11.3 Å². The SMILES string of the molecule is CC(=O)Nc1sc2c(c1[C@H](c1cccnc1)N1CCCCC1)CCCC2. The van der Waals surface area contributed by atoms with Crippen molar-refractivity contribution in [3.63, 3.8) is 0 Å². The topological polar surface area (TPSA) is 45.2 Å². The molecule has 1 aliphatic carbocycles. The molecule has 4 nitrogen and oxygen atoms in total. The Balaban J connectivity index is 1.84.